The van der Waals surface area contributed by atoms with Gasteiger partial charge in [0.05, 0.1) is 16.8 Å². The molecule has 3 atom stereocenters. The number of hydrogen-bond acceptors (Lipinski definition) is 4. The number of rotatable bonds is 8. The van der Waals surface area contributed by atoms with Gasteiger partial charge < -0.3 is 19.7 Å². The molecule has 2 aliphatic heterocycles. The monoisotopic (exact) mass is 458 g/mol. The minimum absolute atomic E-state index is 0.00951. The van der Waals surface area contributed by atoms with E-state index in [0.29, 0.717) is 13.1 Å². The average Bonchev–Trinajstić information content (AvgIpc) is 3.34. The Balaban J connectivity index is 1.51. The van der Waals surface area contributed by atoms with E-state index in [1.54, 1.807) is 11.3 Å². The van der Waals surface area contributed by atoms with Crippen molar-refractivity contribution in [3.8, 4) is 0 Å². The van der Waals surface area contributed by atoms with Crippen LogP contribution in [0.2, 0.25) is 0 Å². The minimum atomic E-state index is -0.453. The molecule has 4 heterocycles. The fourth-order valence-corrected chi connectivity index (χ4v) is 6.44. The minimum Gasteiger partial charge on any atom is -0.352 e. The zero-order valence-electron chi connectivity index (χ0n) is 20.0. The van der Waals surface area contributed by atoms with Crippen molar-refractivity contribution in [1.82, 2.24) is 19.7 Å². The third-order valence-electron chi connectivity index (χ3n) is 7.19. The quantitative estimate of drug-likeness (QED) is 0.645. The molecule has 1 saturated heterocycles. The smallest absolute Gasteiger partial charge is 0.271 e. The molecular weight excluding hydrogens is 420 g/mol. The number of fused-ring (bicyclic) bond motifs is 3. The lowest BCUT2D eigenvalue weighted by Gasteiger charge is -2.38. The van der Waals surface area contributed by atoms with Gasteiger partial charge in [0.1, 0.15) is 11.7 Å². The van der Waals surface area contributed by atoms with Crippen LogP contribution >= 0.6 is 11.3 Å². The highest BCUT2D eigenvalue weighted by Gasteiger charge is 2.38. The third kappa shape index (κ3) is 4.74. The molecule has 0 saturated carbocycles. The zero-order chi connectivity index (χ0) is 22.8. The third-order valence-corrected chi connectivity index (χ3v) is 8.04. The van der Waals surface area contributed by atoms with Crippen molar-refractivity contribution in [2.75, 3.05) is 26.2 Å². The molecule has 32 heavy (non-hydrogen) atoms. The normalized spacial score (nSPS) is 24.3. The van der Waals surface area contributed by atoms with Crippen LogP contribution in [0.3, 0.4) is 0 Å². The standard InChI is InChI=1S/C25H38N4O2S/c1-5-19(6-2)26-24(30)22-16-29-20-8-11-32-23(20)13-21(29)25(31)28(22)10-7-9-27-14-17(3)12-18(4)15-27/h8,11,13,17-19,22H,5-7,9-10,12,14-16H2,1-4H3,(H,26,30). The van der Waals surface area contributed by atoms with Gasteiger partial charge in [0, 0.05) is 25.7 Å². The molecule has 3 unspecified atom stereocenters. The number of carbonyl (C=O) groups excluding carboxylic acids is 2. The number of hydrogen-bond donors (Lipinski definition) is 1. The molecule has 1 N–H and O–H groups in total. The summed E-state index contributed by atoms with van der Waals surface area (Å²) in [7, 11) is 0. The Morgan fingerprint density at radius 3 is 2.56 bits per heavy atom. The van der Waals surface area contributed by atoms with E-state index in [9.17, 15) is 9.59 Å². The number of nitrogens with one attached hydrogen (secondary N) is 1. The molecule has 4 rings (SSSR count). The van der Waals surface area contributed by atoms with Crippen molar-refractivity contribution in [2.45, 2.75) is 72.0 Å². The highest BCUT2D eigenvalue weighted by atomic mass is 32.1. The lowest BCUT2D eigenvalue weighted by Crippen LogP contribution is -2.57. The van der Waals surface area contributed by atoms with E-state index < -0.39 is 6.04 Å². The first-order valence-electron chi connectivity index (χ1n) is 12.3. The first-order chi connectivity index (χ1) is 15.4. The van der Waals surface area contributed by atoms with E-state index >= 15 is 0 Å². The van der Waals surface area contributed by atoms with Crippen LogP contribution < -0.4 is 5.32 Å². The summed E-state index contributed by atoms with van der Waals surface area (Å²) >= 11 is 1.65. The summed E-state index contributed by atoms with van der Waals surface area (Å²) in [6.07, 6.45) is 4.00. The van der Waals surface area contributed by atoms with Gasteiger partial charge in [-0.3, -0.25) is 9.59 Å². The predicted octanol–water partition coefficient (Wildman–Crippen LogP) is 4.20. The van der Waals surface area contributed by atoms with Crippen molar-refractivity contribution < 1.29 is 9.59 Å². The van der Waals surface area contributed by atoms with Gasteiger partial charge in [0.25, 0.3) is 5.91 Å². The predicted molar refractivity (Wildman–Crippen MR) is 131 cm³/mol. The van der Waals surface area contributed by atoms with Gasteiger partial charge in [-0.25, -0.2) is 0 Å². The zero-order valence-corrected chi connectivity index (χ0v) is 20.8. The first kappa shape index (κ1) is 23.3. The van der Waals surface area contributed by atoms with Crippen LogP contribution in [0.15, 0.2) is 17.5 Å². The summed E-state index contributed by atoms with van der Waals surface area (Å²) in [5.74, 6) is 1.43. The van der Waals surface area contributed by atoms with Gasteiger partial charge in [0.2, 0.25) is 5.91 Å². The molecular formula is C25H38N4O2S. The van der Waals surface area contributed by atoms with Crippen molar-refractivity contribution >= 4 is 33.4 Å². The maximum Gasteiger partial charge on any atom is 0.271 e. The number of thiophene rings is 1. The van der Waals surface area contributed by atoms with Gasteiger partial charge in [-0.15, -0.1) is 11.3 Å². The molecule has 6 nitrogen and oxygen atoms in total. The summed E-state index contributed by atoms with van der Waals surface area (Å²) in [4.78, 5) is 31.2. The van der Waals surface area contributed by atoms with Crippen molar-refractivity contribution in [3.05, 3.63) is 23.2 Å². The number of piperidine rings is 1. The second-order valence-corrected chi connectivity index (χ2v) is 10.9. The van der Waals surface area contributed by atoms with Crippen molar-refractivity contribution in [3.63, 3.8) is 0 Å². The molecule has 1 fully saturated rings. The molecule has 2 aromatic rings. The van der Waals surface area contributed by atoms with Crippen molar-refractivity contribution in [2.24, 2.45) is 11.8 Å². The summed E-state index contributed by atoms with van der Waals surface area (Å²) in [5, 5.41) is 5.25. The summed E-state index contributed by atoms with van der Waals surface area (Å²) in [6, 6.07) is 3.76. The van der Waals surface area contributed by atoms with Crippen LogP contribution in [-0.2, 0) is 11.3 Å². The largest absolute Gasteiger partial charge is 0.352 e. The molecule has 2 aromatic heterocycles. The first-order valence-corrected chi connectivity index (χ1v) is 13.2. The summed E-state index contributed by atoms with van der Waals surface area (Å²) < 4.78 is 3.17. The highest BCUT2D eigenvalue weighted by Crippen LogP contribution is 2.30. The Labute approximate surface area is 195 Å². The lowest BCUT2D eigenvalue weighted by atomic mass is 9.92. The van der Waals surface area contributed by atoms with E-state index in [2.05, 4.69) is 53.9 Å². The Morgan fingerprint density at radius 1 is 1.16 bits per heavy atom. The molecule has 2 amide bonds. The van der Waals surface area contributed by atoms with E-state index in [1.165, 1.54) is 6.42 Å². The van der Waals surface area contributed by atoms with Gasteiger partial charge in [0.15, 0.2) is 0 Å². The van der Waals surface area contributed by atoms with Crippen LogP contribution in [0.5, 0.6) is 0 Å². The molecule has 0 aliphatic carbocycles. The van der Waals surface area contributed by atoms with Gasteiger partial charge in [-0.2, -0.15) is 0 Å². The fraction of sp³-hybridized carbons (Fsp3) is 0.680. The van der Waals surface area contributed by atoms with Crippen LogP contribution in [0, 0.1) is 11.8 Å². The average molecular weight is 459 g/mol. The number of aromatic nitrogens is 1. The lowest BCUT2D eigenvalue weighted by molar-refractivity contribution is -0.127. The van der Waals surface area contributed by atoms with Crippen LogP contribution in [-0.4, -0.2) is 64.4 Å². The second kappa shape index (κ2) is 9.96. The SMILES string of the molecule is CCC(CC)NC(=O)C1Cn2c(cc3sccc32)C(=O)N1CCCN1CC(C)CC(C)C1. The Morgan fingerprint density at radius 2 is 1.88 bits per heavy atom. The van der Waals surface area contributed by atoms with E-state index in [1.807, 2.05) is 11.0 Å². The van der Waals surface area contributed by atoms with E-state index in [-0.39, 0.29) is 17.9 Å². The summed E-state index contributed by atoms with van der Waals surface area (Å²) in [5.41, 5.74) is 1.79. The number of nitrogens with zero attached hydrogens (tertiary/aromatic N) is 3. The maximum absolute atomic E-state index is 13.5. The Hall–Kier alpha value is -1.86. The number of carbonyl (C=O) groups is 2. The van der Waals surface area contributed by atoms with Crippen LogP contribution in [0.1, 0.15) is 63.9 Å². The molecule has 0 aromatic carbocycles. The number of amides is 2. The molecule has 176 valence electrons. The van der Waals surface area contributed by atoms with Crippen LogP contribution in [0.25, 0.3) is 10.2 Å². The van der Waals surface area contributed by atoms with Gasteiger partial charge in [-0.1, -0.05) is 27.7 Å². The van der Waals surface area contributed by atoms with E-state index in [4.69, 9.17) is 0 Å². The van der Waals surface area contributed by atoms with Gasteiger partial charge >= 0.3 is 0 Å². The Kier molecular flexibility index (Phi) is 7.25. The molecule has 2 aliphatic rings. The van der Waals surface area contributed by atoms with Crippen LogP contribution in [0.4, 0.5) is 0 Å². The molecule has 7 heteroatoms. The topological polar surface area (TPSA) is 57.6 Å². The molecule has 0 bridgehead atoms. The Bertz CT molecular complexity index is 937. The molecule has 0 spiro atoms. The fourth-order valence-electron chi connectivity index (χ4n) is 5.62. The second-order valence-electron chi connectivity index (χ2n) is 9.91. The molecule has 0 radical (unpaired) electrons. The van der Waals surface area contributed by atoms with Gasteiger partial charge in [-0.05, 0) is 61.6 Å². The highest BCUT2D eigenvalue weighted by molar-refractivity contribution is 7.17. The maximum atomic E-state index is 13.5. The van der Waals surface area contributed by atoms with Crippen molar-refractivity contribution in [1.29, 1.82) is 0 Å². The summed E-state index contributed by atoms with van der Waals surface area (Å²) in [6.45, 7) is 13.3. The number of likely N-dealkylation sites (tertiary alicyclic amines) is 1. The van der Waals surface area contributed by atoms with E-state index in [0.717, 1.165) is 66.6 Å².